The van der Waals surface area contributed by atoms with Crippen LogP contribution in [-0.2, 0) is 11.3 Å². The molecule has 3 aromatic heterocycles. The Bertz CT molecular complexity index is 1150. The minimum absolute atomic E-state index is 0.240. The molecule has 36 heavy (non-hydrogen) atoms. The average molecular weight is 495 g/mol. The summed E-state index contributed by atoms with van der Waals surface area (Å²) < 4.78 is 13.2. The predicted molar refractivity (Wildman–Crippen MR) is 140 cm³/mol. The van der Waals surface area contributed by atoms with E-state index in [0.29, 0.717) is 29.8 Å². The summed E-state index contributed by atoms with van der Waals surface area (Å²) >= 11 is 0. The van der Waals surface area contributed by atoms with Gasteiger partial charge in [-0.3, -0.25) is 9.67 Å². The van der Waals surface area contributed by atoms with Crippen LogP contribution < -0.4 is 15.8 Å². The van der Waals surface area contributed by atoms with Gasteiger partial charge >= 0.3 is 0 Å². The van der Waals surface area contributed by atoms with Gasteiger partial charge in [-0.05, 0) is 62.7 Å². The Labute approximate surface area is 212 Å². The number of unbranched alkanes of at least 4 members (excludes halogenated alkanes) is 1. The summed E-state index contributed by atoms with van der Waals surface area (Å²) in [6, 6.07) is 2.84. The Morgan fingerprint density at radius 2 is 1.94 bits per heavy atom. The number of ether oxygens (including phenoxy) is 2. The Balaban J connectivity index is 1.31. The lowest BCUT2D eigenvalue weighted by Gasteiger charge is -2.39. The molecule has 2 aliphatic heterocycles. The lowest BCUT2D eigenvalue weighted by Crippen LogP contribution is -2.43. The number of nitrogens with one attached hydrogen (secondary N) is 1. The van der Waals surface area contributed by atoms with E-state index >= 15 is 0 Å². The molecule has 0 saturated carbocycles. The molecule has 2 aliphatic rings. The highest BCUT2D eigenvalue weighted by Crippen LogP contribution is 2.33. The molecule has 0 aliphatic carbocycles. The predicted octanol–water partition coefficient (Wildman–Crippen LogP) is 3.43. The van der Waals surface area contributed by atoms with Crippen LogP contribution >= 0.6 is 0 Å². The summed E-state index contributed by atoms with van der Waals surface area (Å²) in [5.74, 6) is 2.24. The molecule has 0 spiro atoms. The molecule has 10 heteroatoms. The van der Waals surface area contributed by atoms with E-state index in [1.807, 2.05) is 10.9 Å². The summed E-state index contributed by atoms with van der Waals surface area (Å²) in [6.07, 6.45) is 10.5. The fourth-order valence-electron chi connectivity index (χ4n) is 5.44. The van der Waals surface area contributed by atoms with Gasteiger partial charge in [-0.15, -0.1) is 0 Å². The lowest BCUT2D eigenvalue weighted by atomic mass is 9.89. The second kappa shape index (κ2) is 11.4. The van der Waals surface area contributed by atoms with E-state index in [9.17, 15) is 0 Å². The fraction of sp³-hybridized carbons (Fsp3) is 0.615. The number of nitrogens with two attached hydrogens (primary N) is 1. The molecule has 5 rings (SSSR count). The zero-order chi connectivity index (χ0) is 24.9. The van der Waals surface area contributed by atoms with Gasteiger partial charge in [0, 0.05) is 32.0 Å². The number of anilines is 2. The maximum absolute atomic E-state index is 5.93. The molecular weight excluding hydrogens is 456 g/mol. The number of hydrogen-bond acceptors (Lipinski definition) is 9. The van der Waals surface area contributed by atoms with Crippen molar-refractivity contribution in [3.63, 3.8) is 0 Å². The zero-order valence-corrected chi connectivity index (χ0v) is 21.4. The SMILES string of the molecule is CCCCNc1nc(N)nc2cnn(Cc3ncc(C4CCN(C5CCOCC5)CC4)cc3OC)c12. The molecule has 5 heterocycles. The molecule has 0 aromatic carbocycles. The van der Waals surface area contributed by atoms with E-state index in [-0.39, 0.29) is 5.95 Å². The van der Waals surface area contributed by atoms with Crippen LogP contribution in [0.5, 0.6) is 5.75 Å². The van der Waals surface area contributed by atoms with Gasteiger partial charge in [0.15, 0.2) is 5.82 Å². The molecule has 2 saturated heterocycles. The Hall–Kier alpha value is -2.98. The first-order chi connectivity index (χ1) is 17.7. The second-order valence-corrected chi connectivity index (χ2v) is 9.82. The van der Waals surface area contributed by atoms with Crippen LogP contribution in [0.15, 0.2) is 18.5 Å². The van der Waals surface area contributed by atoms with Crippen LogP contribution in [0.3, 0.4) is 0 Å². The average Bonchev–Trinajstić information content (AvgIpc) is 3.32. The number of nitrogen functional groups attached to an aromatic ring is 1. The maximum atomic E-state index is 5.93. The first-order valence-electron chi connectivity index (χ1n) is 13.2. The van der Waals surface area contributed by atoms with Crippen LogP contribution in [-0.4, -0.2) is 75.6 Å². The van der Waals surface area contributed by atoms with Crippen molar-refractivity contribution >= 4 is 22.8 Å². The number of piperidine rings is 1. The molecule has 0 atom stereocenters. The van der Waals surface area contributed by atoms with Gasteiger partial charge in [-0.2, -0.15) is 10.1 Å². The number of rotatable bonds is 9. The van der Waals surface area contributed by atoms with Gasteiger partial charge in [-0.1, -0.05) is 13.3 Å². The normalized spacial score (nSPS) is 18.1. The third kappa shape index (κ3) is 5.39. The summed E-state index contributed by atoms with van der Waals surface area (Å²) in [4.78, 5) is 16.3. The summed E-state index contributed by atoms with van der Waals surface area (Å²) in [5.41, 5.74) is 9.57. The zero-order valence-electron chi connectivity index (χ0n) is 21.4. The minimum Gasteiger partial charge on any atom is -0.495 e. The third-order valence-electron chi connectivity index (χ3n) is 7.51. The van der Waals surface area contributed by atoms with E-state index in [4.69, 9.17) is 20.2 Å². The van der Waals surface area contributed by atoms with Gasteiger partial charge in [0.2, 0.25) is 5.95 Å². The fourth-order valence-corrected chi connectivity index (χ4v) is 5.44. The third-order valence-corrected chi connectivity index (χ3v) is 7.51. The molecule has 10 nitrogen and oxygen atoms in total. The Kier molecular flexibility index (Phi) is 7.81. The molecule has 3 aromatic rings. The standard InChI is InChI=1S/C26H38N8O2/c1-3-4-9-28-25-24-21(31-26(27)32-25)16-30-34(24)17-22-23(35-2)14-19(15-29-22)18-5-10-33(11-6-18)20-7-12-36-13-8-20/h14-16,18,20H,3-13,17H2,1-2H3,(H3,27,28,31,32). The minimum atomic E-state index is 0.240. The number of aromatic nitrogens is 5. The molecule has 3 N–H and O–H groups in total. The highest BCUT2D eigenvalue weighted by molar-refractivity contribution is 5.86. The number of methoxy groups -OCH3 is 1. The first-order valence-corrected chi connectivity index (χ1v) is 13.2. The number of hydrogen-bond donors (Lipinski definition) is 2. The quantitative estimate of drug-likeness (QED) is 0.432. The molecular formula is C26H38N8O2. The number of pyridine rings is 1. The van der Waals surface area contributed by atoms with Crippen LogP contribution in [0.25, 0.3) is 11.0 Å². The van der Waals surface area contributed by atoms with E-state index < -0.39 is 0 Å². The number of nitrogens with zero attached hydrogens (tertiary/aromatic N) is 6. The van der Waals surface area contributed by atoms with Crippen LogP contribution in [0.4, 0.5) is 11.8 Å². The van der Waals surface area contributed by atoms with Crippen LogP contribution in [0, 0.1) is 0 Å². The van der Waals surface area contributed by atoms with Gasteiger partial charge in [0.1, 0.15) is 22.5 Å². The molecule has 194 valence electrons. The van der Waals surface area contributed by atoms with Crippen LogP contribution in [0.2, 0.25) is 0 Å². The number of fused-ring (bicyclic) bond motifs is 1. The van der Waals surface area contributed by atoms with Crippen molar-refractivity contribution in [3.05, 3.63) is 29.7 Å². The van der Waals surface area contributed by atoms with E-state index in [1.165, 1.54) is 5.56 Å². The van der Waals surface area contributed by atoms with Crippen molar-refractivity contribution in [2.75, 3.05) is 51.0 Å². The van der Waals surface area contributed by atoms with E-state index in [2.05, 4.69) is 38.3 Å². The molecule has 0 radical (unpaired) electrons. The van der Waals surface area contributed by atoms with E-state index in [1.54, 1.807) is 13.3 Å². The van der Waals surface area contributed by atoms with E-state index in [0.717, 1.165) is 88.3 Å². The largest absolute Gasteiger partial charge is 0.495 e. The van der Waals surface area contributed by atoms with Crippen molar-refractivity contribution in [3.8, 4) is 5.75 Å². The van der Waals surface area contributed by atoms with Crippen molar-refractivity contribution in [1.29, 1.82) is 0 Å². The molecule has 0 unspecified atom stereocenters. The van der Waals surface area contributed by atoms with Crippen molar-refractivity contribution in [1.82, 2.24) is 29.6 Å². The van der Waals surface area contributed by atoms with Crippen molar-refractivity contribution in [2.45, 2.75) is 64.0 Å². The summed E-state index contributed by atoms with van der Waals surface area (Å²) in [6.45, 7) is 7.50. The molecule has 2 fully saturated rings. The smallest absolute Gasteiger partial charge is 0.222 e. The summed E-state index contributed by atoms with van der Waals surface area (Å²) in [7, 11) is 1.71. The van der Waals surface area contributed by atoms with Crippen LogP contribution in [0.1, 0.15) is 62.6 Å². The summed E-state index contributed by atoms with van der Waals surface area (Å²) in [5, 5.41) is 7.96. The molecule has 0 amide bonds. The highest BCUT2D eigenvalue weighted by atomic mass is 16.5. The first kappa shape index (κ1) is 24.7. The monoisotopic (exact) mass is 494 g/mol. The Morgan fingerprint density at radius 3 is 2.69 bits per heavy atom. The van der Waals surface area contributed by atoms with Gasteiger partial charge in [0.05, 0.1) is 19.9 Å². The number of likely N-dealkylation sites (tertiary alicyclic amines) is 1. The van der Waals surface area contributed by atoms with Crippen molar-refractivity contribution < 1.29 is 9.47 Å². The van der Waals surface area contributed by atoms with Gasteiger partial charge < -0.3 is 25.4 Å². The van der Waals surface area contributed by atoms with Crippen molar-refractivity contribution in [2.24, 2.45) is 0 Å². The highest BCUT2D eigenvalue weighted by Gasteiger charge is 2.28. The maximum Gasteiger partial charge on any atom is 0.222 e. The van der Waals surface area contributed by atoms with Gasteiger partial charge in [0.25, 0.3) is 0 Å². The topological polar surface area (TPSA) is 116 Å². The Morgan fingerprint density at radius 1 is 1.14 bits per heavy atom. The lowest BCUT2D eigenvalue weighted by molar-refractivity contribution is 0.0251. The van der Waals surface area contributed by atoms with Gasteiger partial charge in [-0.25, -0.2) is 4.98 Å². The molecule has 0 bridgehead atoms. The second-order valence-electron chi connectivity index (χ2n) is 9.82.